The van der Waals surface area contributed by atoms with Crippen molar-refractivity contribution in [3.8, 4) is 0 Å². The second kappa shape index (κ2) is 4.99. The number of hydrogen-bond donors (Lipinski definition) is 1. The van der Waals surface area contributed by atoms with Gasteiger partial charge in [0.2, 0.25) is 0 Å². The maximum Gasteiger partial charge on any atom is 0.267 e. The zero-order chi connectivity index (χ0) is 11.5. The quantitative estimate of drug-likeness (QED) is 0.927. The predicted molar refractivity (Wildman–Crippen MR) is 67.8 cm³/mol. The summed E-state index contributed by atoms with van der Waals surface area (Å²) in [4.78, 5) is 20.6. The van der Waals surface area contributed by atoms with E-state index in [0.29, 0.717) is 10.5 Å². The fraction of sp³-hybridized carbons (Fsp3) is 0.636. The summed E-state index contributed by atoms with van der Waals surface area (Å²) in [6.45, 7) is 2.99. The molecule has 1 N–H and O–H groups in total. The first-order chi connectivity index (χ1) is 7.74. The van der Waals surface area contributed by atoms with Gasteiger partial charge >= 0.3 is 0 Å². The molecule has 0 atom stereocenters. The van der Waals surface area contributed by atoms with Crippen LogP contribution in [0, 0.1) is 0 Å². The molecule has 1 aliphatic rings. The van der Waals surface area contributed by atoms with Gasteiger partial charge < -0.3 is 9.88 Å². The van der Waals surface area contributed by atoms with E-state index in [2.05, 4.69) is 37.7 Å². The van der Waals surface area contributed by atoms with Crippen molar-refractivity contribution in [1.29, 1.82) is 0 Å². The minimum Gasteiger partial charge on any atom is -0.353 e. The predicted octanol–water partition coefficient (Wildman–Crippen LogP) is 2.30. The summed E-state index contributed by atoms with van der Waals surface area (Å²) in [5.41, 5.74) is -0.110. The molecule has 1 heterocycles. The standard InChI is InChI=1S/C11H16BrN3O/c1-2-15(8-5-3-4-6-8)10-9(12)11(16)14-7-13-10/h7-8H,2-6H2,1H3,(H,13,14,16). The van der Waals surface area contributed by atoms with Gasteiger partial charge in [-0.15, -0.1) is 0 Å². The van der Waals surface area contributed by atoms with Crippen molar-refractivity contribution in [2.45, 2.75) is 38.6 Å². The fourth-order valence-corrected chi connectivity index (χ4v) is 2.82. The number of aromatic amines is 1. The van der Waals surface area contributed by atoms with Crippen molar-refractivity contribution < 1.29 is 0 Å². The van der Waals surface area contributed by atoms with Gasteiger partial charge in [0.25, 0.3) is 5.56 Å². The number of aromatic nitrogens is 2. The molecule has 88 valence electrons. The smallest absolute Gasteiger partial charge is 0.267 e. The number of H-pyrrole nitrogens is 1. The lowest BCUT2D eigenvalue weighted by molar-refractivity contribution is 0.610. The molecular formula is C11H16BrN3O. The van der Waals surface area contributed by atoms with Gasteiger partial charge in [0.05, 0.1) is 6.33 Å². The molecule has 1 saturated carbocycles. The van der Waals surface area contributed by atoms with E-state index >= 15 is 0 Å². The van der Waals surface area contributed by atoms with Gasteiger partial charge in [0.1, 0.15) is 4.47 Å². The first-order valence-electron chi connectivity index (χ1n) is 5.74. The lowest BCUT2D eigenvalue weighted by Gasteiger charge is -2.29. The maximum absolute atomic E-state index is 11.5. The van der Waals surface area contributed by atoms with Gasteiger partial charge in [0, 0.05) is 12.6 Å². The fourth-order valence-electron chi connectivity index (χ4n) is 2.37. The van der Waals surface area contributed by atoms with Crippen LogP contribution in [-0.2, 0) is 0 Å². The van der Waals surface area contributed by atoms with Crippen LogP contribution < -0.4 is 10.5 Å². The van der Waals surface area contributed by atoms with E-state index in [4.69, 9.17) is 0 Å². The molecule has 16 heavy (non-hydrogen) atoms. The molecule has 5 heteroatoms. The SMILES string of the molecule is CCN(c1nc[nH]c(=O)c1Br)C1CCCC1. The van der Waals surface area contributed by atoms with Crippen molar-refractivity contribution in [3.63, 3.8) is 0 Å². The number of halogens is 1. The Balaban J connectivity index is 2.32. The topological polar surface area (TPSA) is 49.0 Å². The van der Waals surface area contributed by atoms with Gasteiger partial charge in [-0.3, -0.25) is 4.79 Å². The maximum atomic E-state index is 11.5. The highest BCUT2D eigenvalue weighted by Crippen LogP contribution is 2.29. The van der Waals surface area contributed by atoms with Crippen LogP contribution in [0.25, 0.3) is 0 Å². The Kier molecular flexibility index (Phi) is 3.63. The van der Waals surface area contributed by atoms with Gasteiger partial charge in [-0.2, -0.15) is 0 Å². The number of anilines is 1. The third kappa shape index (κ3) is 2.14. The third-order valence-electron chi connectivity index (χ3n) is 3.16. The van der Waals surface area contributed by atoms with Crippen molar-refractivity contribution in [2.24, 2.45) is 0 Å². The highest BCUT2D eigenvalue weighted by molar-refractivity contribution is 9.10. The van der Waals surface area contributed by atoms with Crippen molar-refractivity contribution in [1.82, 2.24) is 9.97 Å². The minimum atomic E-state index is -0.110. The average Bonchev–Trinajstić information content (AvgIpc) is 2.79. The molecular weight excluding hydrogens is 270 g/mol. The normalized spacial score (nSPS) is 16.6. The molecule has 4 nitrogen and oxygen atoms in total. The van der Waals surface area contributed by atoms with Gasteiger partial charge in [-0.1, -0.05) is 12.8 Å². The summed E-state index contributed by atoms with van der Waals surface area (Å²) in [7, 11) is 0. The molecule has 0 aromatic carbocycles. The Bertz CT molecular complexity index is 412. The molecule has 0 aliphatic heterocycles. The molecule has 0 unspecified atom stereocenters. The Labute approximate surface area is 103 Å². The second-order valence-electron chi connectivity index (χ2n) is 4.09. The monoisotopic (exact) mass is 285 g/mol. The summed E-state index contributed by atoms with van der Waals surface area (Å²) in [5.74, 6) is 0.776. The summed E-state index contributed by atoms with van der Waals surface area (Å²) in [6.07, 6.45) is 6.44. The van der Waals surface area contributed by atoms with Crippen molar-refractivity contribution in [2.75, 3.05) is 11.4 Å². The first kappa shape index (κ1) is 11.6. The molecule has 1 fully saturated rings. The van der Waals surface area contributed by atoms with Gasteiger partial charge in [-0.25, -0.2) is 4.98 Å². The van der Waals surface area contributed by atoms with Crippen LogP contribution in [-0.4, -0.2) is 22.6 Å². The molecule has 1 aromatic heterocycles. The summed E-state index contributed by atoms with van der Waals surface area (Å²) in [6, 6.07) is 0.538. The van der Waals surface area contributed by atoms with Gasteiger partial charge in [-0.05, 0) is 35.7 Å². The first-order valence-corrected chi connectivity index (χ1v) is 6.53. The van der Waals surface area contributed by atoms with E-state index in [9.17, 15) is 4.79 Å². The van der Waals surface area contributed by atoms with E-state index in [1.807, 2.05) is 0 Å². The third-order valence-corrected chi connectivity index (χ3v) is 3.87. The zero-order valence-electron chi connectivity index (χ0n) is 9.37. The Morgan fingerprint density at radius 2 is 2.25 bits per heavy atom. The van der Waals surface area contributed by atoms with Crippen LogP contribution in [0.5, 0.6) is 0 Å². The highest BCUT2D eigenvalue weighted by Gasteiger charge is 2.24. The second-order valence-corrected chi connectivity index (χ2v) is 4.89. The Morgan fingerprint density at radius 3 is 2.88 bits per heavy atom. The lowest BCUT2D eigenvalue weighted by atomic mass is 10.2. The highest BCUT2D eigenvalue weighted by atomic mass is 79.9. The minimum absolute atomic E-state index is 0.110. The van der Waals surface area contributed by atoms with E-state index in [1.165, 1.54) is 32.0 Å². The molecule has 0 saturated heterocycles. The molecule has 0 amide bonds. The Morgan fingerprint density at radius 1 is 1.56 bits per heavy atom. The van der Waals surface area contributed by atoms with E-state index in [1.54, 1.807) is 0 Å². The van der Waals surface area contributed by atoms with E-state index < -0.39 is 0 Å². The molecule has 0 radical (unpaired) electrons. The zero-order valence-corrected chi connectivity index (χ0v) is 11.0. The number of nitrogens with zero attached hydrogens (tertiary/aromatic N) is 2. The lowest BCUT2D eigenvalue weighted by Crippen LogP contribution is -2.35. The Hall–Kier alpha value is -0.840. The van der Waals surface area contributed by atoms with Crippen LogP contribution in [0.3, 0.4) is 0 Å². The van der Waals surface area contributed by atoms with Crippen LogP contribution >= 0.6 is 15.9 Å². The molecule has 1 aromatic rings. The van der Waals surface area contributed by atoms with E-state index in [0.717, 1.165) is 12.4 Å². The van der Waals surface area contributed by atoms with E-state index in [-0.39, 0.29) is 5.56 Å². The summed E-state index contributed by atoms with van der Waals surface area (Å²) in [5, 5.41) is 0. The van der Waals surface area contributed by atoms with Gasteiger partial charge in [0.15, 0.2) is 5.82 Å². The van der Waals surface area contributed by atoms with Crippen LogP contribution in [0.15, 0.2) is 15.6 Å². The summed E-state index contributed by atoms with van der Waals surface area (Å²) >= 11 is 3.32. The van der Waals surface area contributed by atoms with Crippen molar-refractivity contribution in [3.05, 3.63) is 21.2 Å². The summed E-state index contributed by atoms with van der Waals surface area (Å²) < 4.78 is 0.545. The average molecular weight is 286 g/mol. The largest absolute Gasteiger partial charge is 0.353 e. The van der Waals surface area contributed by atoms with Crippen molar-refractivity contribution >= 4 is 21.7 Å². The molecule has 0 spiro atoms. The number of hydrogen-bond acceptors (Lipinski definition) is 3. The molecule has 1 aliphatic carbocycles. The van der Waals surface area contributed by atoms with Crippen LogP contribution in [0.4, 0.5) is 5.82 Å². The number of rotatable bonds is 3. The van der Waals surface area contributed by atoms with Crippen LogP contribution in [0.2, 0.25) is 0 Å². The molecule has 2 rings (SSSR count). The number of nitrogens with one attached hydrogen (secondary N) is 1. The van der Waals surface area contributed by atoms with Crippen LogP contribution in [0.1, 0.15) is 32.6 Å². The molecule has 0 bridgehead atoms.